The number of aryl methyl sites for hydroxylation is 2. The van der Waals surface area contributed by atoms with Crippen LogP contribution < -0.4 is 21.1 Å². The van der Waals surface area contributed by atoms with Crippen LogP contribution in [0.5, 0.6) is 11.5 Å². The smallest absolute Gasteiger partial charge is 0.257 e. The Morgan fingerprint density at radius 1 is 1.06 bits per heavy atom. The predicted octanol–water partition coefficient (Wildman–Crippen LogP) is 4.09. The van der Waals surface area contributed by atoms with Crippen LogP contribution in [0.4, 0.5) is 11.4 Å². The first-order valence-electron chi connectivity index (χ1n) is 11.5. The fraction of sp³-hybridized carbons (Fsp3) is 0.192. The maximum absolute atomic E-state index is 13.4. The van der Waals surface area contributed by atoms with Gasteiger partial charge < -0.3 is 25.5 Å². The fourth-order valence-corrected chi connectivity index (χ4v) is 3.83. The Bertz CT molecular complexity index is 1560. The molecule has 4 aromatic heterocycles. The lowest BCUT2D eigenvalue weighted by molar-refractivity contribution is 0.102. The molecule has 5 aromatic rings. The van der Waals surface area contributed by atoms with Gasteiger partial charge in [-0.15, -0.1) is 0 Å². The molecular formula is C26H26N8O2. The summed E-state index contributed by atoms with van der Waals surface area (Å²) in [6, 6.07) is 8.96. The van der Waals surface area contributed by atoms with Crippen molar-refractivity contribution in [2.24, 2.45) is 5.73 Å². The number of carbonyl (C=O) groups excluding carboxylic acids is 1. The summed E-state index contributed by atoms with van der Waals surface area (Å²) in [5.74, 6) is 0.743. The van der Waals surface area contributed by atoms with Gasteiger partial charge in [-0.25, -0.2) is 4.98 Å². The van der Waals surface area contributed by atoms with Crippen LogP contribution in [0.15, 0.2) is 61.3 Å². The molecule has 0 bridgehead atoms. The van der Waals surface area contributed by atoms with Crippen molar-refractivity contribution in [3.05, 3.63) is 78.3 Å². The minimum atomic E-state index is -0.321. The Labute approximate surface area is 207 Å². The third kappa shape index (κ3) is 4.80. The lowest BCUT2D eigenvalue weighted by Gasteiger charge is -2.14. The molecule has 4 N–H and O–H groups in total. The van der Waals surface area contributed by atoms with E-state index < -0.39 is 0 Å². The summed E-state index contributed by atoms with van der Waals surface area (Å²) in [7, 11) is 0. The standard InChI is InChI=1S/C26H26N8O2/c1-15(27)11-31-21-7-6-20(23-24(21)29-9-8-28-23)26(35)33-18-10-22(25-32-17(3)13-34(25)14-18)36-19-5-4-16(2)30-12-19/h4-10,12-15,31H,11,27H2,1-3H3,(H,33,35)/t15-/m0/s1. The molecule has 36 heavy (non-hydrogen) atoms. The van der Waals surface area contributed by atoms with E-state index in [0.29, 0.717) is 46.0 Å². The van der Waals surface area contributed by atoms with Crippen LogP contribution in [-0.4, -0.2) is 42.8 Å². The van der Waals surface area contributed by atoms with Crippen molar-refractivity contribution in [2.45, 2.75) is 26.8 Å². The van der Waals surface area contributed by atoms with E-state index in [0.717, 1.165) is 17.1 Å². The maximum atomic E-state index is 13.4. The number of rotatable bonds is 7. The van der Waals surface area contributed by atoms with Crippen molar-refractivity contribution < 1.29 is 9.53 Å². The molecule has 0 aliphatic rings. The number of nitrogens with zero attached hydrogens (tertiary/aromatic N) is 5. The third-order valence-corrected chi connectivity index (χ3v) is 5.49. The van der Waals surface area contributed by atoms with Gasteiger partial charge in [0.1, 0.15) is 16.8 Å². The van der Waals surface area contributed by atoms with E-state index in [1.165, 1.54) is 0 Å². The fourth-order valence-electron chi connectivity index (χ4n) is 3.83. The molecule has 4 heterocycles. The minimum Gasteiger partial charge on any atom is -0.452 e. The zero-order valence-corrected chi connectivity index (χ0v) is 20.2. The maximum Gasteiger partial charge on any atom is 0.257 e. The first-order valence-corrected chi connectivity index (χ1v) is 11.5. The summed E-state index contributed by atoms with van der Waals surface area (Å²) in [6.45, 7) is 6.29. The van der Waals surface area contributed by atoms with Crippen molar-refractivity contribution in [1.29, 1.82) is 0 Å². The molecular weight excluding hydrogens is 456 g/mol. The third-order valence-electron chi connectivity index (χ3n) is 5.49. The molecule has 1 atom stereocenters. The molecule has 5 rings (SSSR count). The number of nitrogens with two attached hydrogens (primary N) is 1. The van der Waals surface area contributed by atoms with Crippen LogP contribution in [-0.2, 0) is 0 Å². The molecule has 0 saturated carbocycles. The van der Waals surface area contributed by atoms with Gasteiger partial charge in [-0.2, -0.15) is 0 Å². The van der Waals surface area contributed by atoms with Crippen LogP contribution in [0.3, 0.4) is 0 Å². The van der Waals surface area contributed by atoms with Gasteiger partial charge in [-0.1, -0.05) is 0 Å². The van der Waals surface area contributed by atoms with Crippen LogP contribution in [0.1, 0.15) is 28.7 Å². The van der Waals surface area contributed by atoms with Crippen molar-refractivity contribution in [2.75, 3.05) is 17.2 Å². The van der Waals surface area contributed by atoms with Crippen LogP contribution in [0.25, 0.3) is 16.7 Å². The number of hydrogen-bond donors (Lipinski definition) is 3. The Morgan fingerprint density at radius 2 is 1.86 bits per heavy atom. The highest BCUT2D eigenvalue weighted by molar-refractivity contribution is 6.13. The van der Waals surface area contributed by atoms with E-state index >= 15 is 0 Å². The number of ether oxygens (including phenoxy) is 1. The summed E-state index contributed by atoms with van der Waals surface area (Å²) >= 11 is 0. The summed E-state index contributed by atoms with van der Waals surface area (Å²) in [5.41, 5.74) is 11.0. The van der Waals surface area contributed by atoms with Gasteiger partial charge in [0.2, 0.25) is 0 Å². The van der Waals surface area contributed by atoms with Gasteiger partial charge >= 0.3 is 0 Å². The van der Waals surface area contributed by atoms with E-state index in [1.807, 2.05) is 49.6 Å². The highest BCUT2D eigenvalue weighted by atomic mass is 16.5. The number of hydrogen-bond acceptors (Lipinski definition) is 8. The molecule has 0 aliphatic carbocycles. The highest BCUT2D eigenvalue weighted by Gasteiger charge is 2.17. The van der Waals surface area contributed by atoms with Crippen LogP contribution >= 0.6 is 0 Å². The highest BCUT2D eigenvalue weighted by Crippen LogP contribution is 2.30. The Kier molecular flexibility index (Phi) is 6.17. The summed E-state index contributed by atoms with van der Waals surface area (Å²) in [6.07, 6.45) is 8.47. The number of pyridine rings is 2. The molecule has 0 spiro atoms. The predicted molar refractivity (Wildman–Crippen MR) is 139 cm³/mol. The normalized spacial score (nSPS) is 12.0. The second-order valence-electron chi connectivity index (χ2n) is 8.67. The lowest BCUT2D eigenvalue weighted by atomic mass is 10.1. The number of nitrogens with one attached hydrogen (secondary N) is 2. The number of carbonyl (C=O) groups is 1. The second-order valence-corrected chi connectivity index (χ2v) is 8.67. The number of amides is 1. The van der Waals surface area contributed by atoms with Gasteiger partial charge in [0.05, 0.1) is 28.8 Å². The zero-order valence-electron chi connectivity index (χ0n) is 20.2. The topological polar surface area (TPSA) is 132 Å². The summed E-state index contributed by atoms with van der Waals surface area (Å²) < 4.78 is 7.90. The largest absolute Gasteiger partial charge is 0.452 e. The SMILES string of the molecule is Cc1ccc(Oc2cc(NC(=O)c3ccc(NC[C@H](C)N)c4nccnc34)cn3cc(C)nc23)cn1. The van der Waals surface area contributed by atoms with Crippen LogP contribution in [0, 0.1) is 13.8 Å². The Hall–Kier alpha value is -4.57. The zero-order chi connectivity index (χ0) is 25.2. The number of benzene rings is 1. The molecule has 0 fully saturated rings. The molecule has 0 radical (unpaired) electrons. The molecule has 10 nitrogen and oxygen atoms in total. The monoisotopic (exact) mass is 482 g/mol. The molecule has 10 heteroatoms. The van der Waals surface area contributed by atoms with Crippen molar-refractivity contribution in [3.63, 3.8) is 0 Å². The Balaban J connectivity index is 1.48. The molecule has 0 aliphatic heterocycles. The van der Waals surface area contributed by atoms with Crippen LogP contribution in [0.2, 0.25) is 0 Å². The molecule has 0 unspecified atom stereocenters. The van der Waals surface area contributed by atoms with Crippen molar-refractivity contribution in [3.8, 4) is 11.5 Å². The van der Waals surface area contributed by atoms with Gasteiger partial charge in [-0.05, 0) is 45.0 Å². The van der Waals surface area contributed by atoms with E-state index in [9.17, 15) is 4.79 Å². The number of fused-ring (bicyclic) bond motifs is 2. The minimum absolute atomic E-state index is 0.0338. The number of imidazole rings is 1. The summed E-state index contributed by atoms with van der Waals surface area (Å²) in [4.78, 5) is 31.1. The first-order chi connectivity index (χ1) is 17.4. The lowest BCUT2D eigenvalue weighted by Crippen LogP contribution is -2.25. The quantitative estimate of drug-likeness (QED) is 0.316. The van der Waals surface area contributed by atoms with E-state index in [2.05, 4.69) is 30.6 Å². The van der Waals surface area contributed by atoms with Gasteiger partial charge in [0, 0.05) is 49.1 Å². The van der Waals surface area contributed by atoms with Crippen molar-refractivity contribution >= 4 is 34.0 Å². The second kappa shape index (κ2) is 9.59. The van der Waals surface area contributed by atoms with Gasteiger partial charge in [-0.3, -0.25) is 19.7 Å². The number of aromatic nitrogens is 5. The van der Waals surface area contributed by atoms with Crippen molar-refractivity contribution in [1.82, 2.24) is 24.3 Å². The average molecular weight is 483 g/mol. The first kappa shape index (κ1) is 23.2. The molecule has 1 amide bonds. The number of anilines is 2. The van der Waals surface area contributed by atoms with E-state index in [1.54, 1.807) is 36.9 Å². The average Bonchev–Trinajstić information content (AvgIpc) is 3.24. The van der Waals surface area contributed by atoms with Gasteiger partial charge in [0.25, 0.3) is 5.91 Å². The molecule has 1 aromatic carbocycles. The molecule has 182 valence electrons. The van der Waals surface area contributed by atoms with E-state index in [4.69, 9.17) is 10.5 Å². The molecule has 0 saturated heterocycles. The Morgan fingerprint density at radius 3 is 2.61 bits per heavy atom. The van der Waals surface area contributed by atoms with Gasteiger partial charge in [0.15, 0.2) is 11.4 Å². The van der Waals surface area contributed by atoms with E-state index in [-0.39, 0.29) is 11.9 Å². The summed E-state index contributed by atoms with van der Waals surface area (Å²) in [5, 5.41) is 6.23.